The van der Waals surface area contributed by atoms with Crippen molar-refractivity contribution < 1.29 is 1.43 Å². The predicted molar refractivity (Wildman–Crippen MR) is 59.0 cm³/mol. The Morgan fingerprint density at radius 1 is 1.36 bits per heavy atom. The molecular weight excluding hydrogens is 176 g/mol. The summed E-state index contributed by atoms with van der Waals surface area (Å²) in [6, 6.07) is 4.16. The quantitative estimate of drug-likeness (QED) is 0.616. The van der Waals surface area contributed by atoms with Crippen molar-refractivity contribution >= 4 is 23.7 Å². The topological polar surface area (TPSA) is 0 Å². The van der Waals surface area contributed by atoms with E-state index in [0.717, 1.165) is 0 Å². The molecule has 0 atom stereocenters. The Hall–Kier alpha value is -0.0100. The number of hydrogen-bond donors (Lipinski definition) is 0. The monoisotopic (exact) mass is 194 g/mol. The first-order chi connectivity index (χ1) is 4.81. The summed E-state index contributed by atoms with van der Waals surface area (Å²) in [7, 11) is 0. The number of hydrogen-bond acceptors (Lipinski definition) is 1. The number of halogens is 1. The summed E-state index contributed by atoms with van der Waals surface area (Å²) in [5.41, 5.74) is 0. The van der Waals surface area contributed by atoms with Gasteiger partial charge in [-0.15, -0.1) is 23.7 Å². The molecule has 0 fully saturated rings. The molecule has 1 rings (SSSR count). The van der Waals surface area contributed by atoms with Gasteiger partial charge in [-0.05, 0) is 18.4 Å². The van der Waals surface area contributed by atoms with Crippen LogP contribution < -0.4 is 0 Å². The van der Waals surface area contributed by atoms with Crippen molar-refractivity contribution in [1.82, 2.24) is 0 Å². The minimum Gasteiger partial charge on any atom is -0.149 e. The van der Waals surface area contributed by atoms with E-state index in [0.29, 0.717) is 0 Å². The van der Waals surface area contributed by atoms with Crippen LogP contribution in [0.2, 0.25) is 0 Å². The maximum absolute atomic E-state index is 2.18. The van der Waals surface area contributed by atoms with Gasteiger partial charge in [-0.25, -0.2) is 0 Å². The normalized spacial score (nSPS) is 7.55. The van der Waals surface area contributed by atoms with E-state index in [4.69, 9.17) is 0 Å². The lowest BCUT2D eigenvalue weighted by Gasteiger charge is -1.68. The summed E-state index contributed by atoms with van der Waals surface area (Å²) in [6.07, 6.45) is 2.64. The second-order valence-electron chi connectivity index (χ2n) is 2.22. The van der Waals surface area contributed by atoms with Crippen molar-refractivity contribution in [1.29, 1.82) is 0 Å². The van der Waals surface area contributed by atoms with Crippen LogP contribution in [0.15, 0.2) is 17.5 Å². The van der Waals surface area contributed by atoms with Crippen molar-refractivity contribution in [3.8, 4) is 0 Å². The summed E-state index contributed by atoms with van der Waals surface area (Å²) in [5.74, 6) is 0. The smallest absolute Gasteiger partial charge is 0.00141 e. The van der Waals surface area contributed by atoms with Gasteiger partial charge in [0.2, 0.25) is 0 Å². The fraction of sp³-hybridized carbons (Fsp3) is 0.556. The van der Waals surface area contributed by atoms with Gasteiger partial charge in [-0.2, -0.15) is 0 Å². The van der Waals surface area contributed by atoms with Gasteiger partial charge in [-0.3, -0.25) is 0 Å². The molecule has 0 radical (unpaired) electrons. The Kier molecular flexibility index (Phi) is 12.3. The lowest BCUT2D eigenvalue weighted by atomic mass is 10.4. The second kappa shape index (κ2) is 9.99. The predicted octanol–water partition coefficient (Wildman–Crippen LogP) is 4.53. The molecule has 1 heterocycles. The van der Waals surface area contributed by atoms with Crippen LogP contribution in [-0.4, -0.2) is 0 Å². The standard InChI is InChI=1S/C5H6S.C4H10.ClH.H2/c1-5-3-2-4-6-5;1-3-4-2;;/h2-4H,1H3;3-4H2,1-2H3;2*1H. The summed E-state index contributed by atoms with van der Waals surface area (Å²) >= 11 is 1.78. The number of unbranched alkanes of at least 4 members (excludes halogenated alkanes) is 1. The molecule has 0 saturated heterocycles. The van der Waals surface area contributed by atoms with Crippen molar-refractivity contribution in [2.24, 2.45) is 0 Å². The van der Waals surface area contributed by atoms with E-state index in [9.17, 15) is 0 Å². The zero-order valence-corrected chi connectivity index (χ0v) is 9.10. The highest BCUT2D eigenvalue weighted by molar-refractivity contribution is 7.09. The van der Waals surface area contributed by atoms with Crippen LogP contribution in [0.4, 0.5) is 0 Å². The molecule has 0 nitrogen and oxygen atoms in total. The van der Waals surface area contributed by atoms with Crippen molar-refractivity contribution in [2.45, 2.75) is 33.6 Å². The Morgan fingerprint density at radius 2 is 1.91 bits per heavy atom. The first-order valence-electron chi connectivity index (χ1n) is 3.81. The molecule has 11 heavy (non-hydrogen) atoms. The van der Waals surface area contributed by atoms with Crippen LogP contribution in [0.25, 0.3) is 0 Å². The number of thiophene rings is 1. The maximum atomic E-state index is 2.18. The molecule has 0 aliphatic heterocycles. The van der Waals surface area contributed by atoms with Gasteiger partial charge in [0.05, 0.1) is 0 Å². The number of aryl methyl sites for hydroxylation is 1. The lowest BCUT2D eigenvalue weighted by Crippen LogP contribution is -1.47. The molecule has 68 valence electrons. The fourth-order valence-corrected chi connectivity index (χ4v) is 0.890. The van der Waals surface area contributed by atoms with Crippen LogP contribution in [0.1, 0.15) is 33.0 Å². The Bertz CT molecular complexity index is 138. The molecule has 0 aliphatic rings. The van der Waals surface area contributed by atoms with Gasteiger partial charge >= 0.3 is 0 Å². The minimum absolute atomic E-state index is 0. The summed E-state index contributed by atoms with van der Waals surface area (Å²) in [6.45, 7) is 6.46. The highest BCUT2D eigenvalue weighted by atomic mass is 35.5. The van der Waals surface area contributed by atoms with E-state index in [-0.39, 0.29) is 13.8 Å². The zero-order chi connectivity index (χ0) is 7.82. The molecule has 0 amide bonds. The van der Waals surface area contributed by atoms with Crippen molar-refractivity contribution in [3.63, 3.8) is 0 Å². The van der Waals surface area contributed by atoms with Crippen LogP contribution in [0.3, 0.4) is 0 Å². The Labute approximate surface area is 81.5 Å². The largest absolute Gasteiger partial charge is 0.149 e. The highest BCUT2D eigenvalue weighted by Crippen LogP contribution is 2.03. The van der Waals surface area contributed by atoms with Crippen molar-refractivity contribution in [2.75, 3.05) is 0 Å². The van der Waals surface area contributed by atoms with Crippen molar-refractivity contribution in [3.05, 3.63) is 22.4 Å². The molecule has 2 heteroatoms. The van der Waals surface area contributed by atoms with Gasteiger partial charge in [-0.1, -0.05) is 32.8 Å². The summed E-state index contributed by atoms with van der Waals surface area (Å²) in [5, 5.41) is 2.08. The third-order valence-electron chi connectivity index (χ3n) is 1.16. The van der Waals surface area contributed by atoms with Gasteiger partial charge in [0.15, 0.2) is 0 Å². The van der Waals surface area contributed by atoms with E-state index < -0.39 is 0 Å². The van der Waals surface area contributed by atoms with E-state index in [2.05, 4.69) is 38.3 Å². The third-order valence-corrected chi connectivity index (χ3v) is 1.96. The third kappa shape index (κ3) is 9.99. The molecule has 0 N–H and O–H groups in total. The zero-order valence-electron chi connectivity index (χ0n) is 7.46. The molecule has 1 aromatic rings. The van der Waals surface area contributed by atoms with Crippen LogP contribution in [0, 0.1) is 6.92 Å². The summed E-state index contributed by atoms with van der Waals surface area (Å²) in [4.78, 5) is 1.38. The van der Waals surface area contributed by atoms with E-state index in [1.165, 1.54) is 17.7 Å². The lowest BCUT2D eigenvalue weighted by molar-refractivity contribution is 0.886. The molecule has 0 aliphatic carbocycles. The molecular formula is C9H19ClS. The molecule has 0 spiro atoms. The van der Waals surface area contributed by atoms with Crippen LogP contribution in [-0.2, 0) is 0 Å². The van der Waals surface area contributed by atoms with Crippen LogP contribution in [0.5, 0.6) is 0 Å². The molecule has 0 unspecified atom stereocenters. The molecule has 0 saturated carbocycles. The first-order valence-corrected chi connectivity index (χ1v) is 4.69. The fourth-order valence-electron chi connectivity index (χ4n) is 0.361. The van der Waals surface area contributed by atoms with Gasteiger partial charge in [0, 0.05) is 6.30 Å². The second-order valence-corrected chi connectivity index (χ2v) is 3.38. The minimum atomic E-state index is 0. The van der Waals surface area contributed by atoms with Gasteiger partial charge in [0.25, 0.3) is 0 Å². The van der Waals surface area contributed by atoms with Gasteiger partial charge in [0.1, 0.15) is 0 Å². The molecule has 0 bridgehead atoms. The average Bonchev–Trinajstić information content (AvgIpc) is 2.40. The van der Waals surface area contributed by atoms with Gasteiger partial charge < -0.3 is 0 Å². The van der Waals surface area contributed by atoms with Crippen LogP contribution >= 0.6 is 23.7 Å². The molecule has 0 aromatic carbocycles. The maximum Gasteiger partial charge on any atom is 0.00141 e. The average molecular weight is 195 g/mol. The highest BCUT2D eigenvalue weighted by Gasteiger charge is 1.74. The summed E-state index contributed by atoms with van der Waals surface area (Å²) < 4.78 is 0. The van der Waals surface area contributed by atoms with E-state index >= 15 is 0 Å². The first kappa shape index (κ1) is 13.6. The van der Waals surface area contributed by atoms with E-state index in [1.54, 1.807) is 11.3 Å². The Morgan fingerprint density at radius 3 is 2.00 bits per heavy atom. The molecule has 1 aromatic heterocycles. The van der Waals surface area contributed by atoms with E-state index in [1.807, 2.05) is 0 Å². The number of rotatable bonds is 1. The SMILES string of the molecule is CCCC.Cc1cccs1.Cl.[HH]. The Balaban J connectivity index is -0.000000124.